The van der Waals surface area contributed by atoms with Gasteiger partial charge in [-0.05, 0) is 130 Å². The Hall–Kier alpha value is -5.25. The van der Waals surface area contributed by atoms with Crippen molar-refractivity contribution in [2.24, 2.45) is 0 Å². The maximum absolute atomic E-state index is 6.69. The Labute approximate surface area is 347 Å². The van der Waals surface area contributed by atoms with Crippen molar-refractivity contribution < 1.29 is 25.8 Å². The summed E-state index contributed by atoms with van der Waals surface area (Å²) in [4.78, 5) is 7.02. The van der Waals surface area contributed by atoms with Crippen LogP contribution in [0.1, 0.15) is 71.1 Å². The van der Waals surface area contributed by atoms with Crippen molar-refractivity contribution >= 4 is 17.2 Å². The molecular weight excluding hydrogens is 868 g/mol. The topological polar surface area (TPSA) is 43.2 Å². The molecule has 0 radical (unpaired) electrons. The summed E-state index contributed by atoms with van der Waals surface area (Å²) in [7, 11) is 0. The van der Waals surface area contributed by atoms with E-state index < -0.39 is 0 Å². The molecule has 2 heterocycles. The monoisotopic (exact) mass is 917 g/mol. The molecule has 0 saturated heterocycles. The third kappa shape index (κ3) is 8.15. The Balaban J connectivity index is 0.00000532. The van der Waals surface area contributed by atoms with E-state index in [0.717, 1.165) is 45.4 Å². The van der Waals surface area contributed by atoms with Crippen molar-refractivity contribution in [1.29, 1.82) is 0 Å². The molecule has 0 bridgehead atoms. The summed E-state index contributed by atoms with van der Waals surface area (Å²) in [5.74, 6) is 1.97. The van der Waals surface area contributed by atoms with Gasteiger partial charge in [-0.2, -0.15) is 11.2 Å². The first-order valence-electron chi connectivity index (χ1n) is 19.0. The van der Waals surface area contributed by atoms with Crippen LogP contribution in [0.3, 0.4) is 0 Å². The van der Waals surface area contributed by atoms with Gasteiger partial charge in [0.25, 0.3) is 0 Å². The Morgan fingerprint density at radius 2 is 1.25 bits per heavy atom. The van der Waals surface area contributed by atoms with Gasteiger partial charge in [-0.3, -0.25) is 4.68 Å². The fourth-order valence-electron chi connectivity index (χ4n) is 7.99. The van der Waals surface area contributed by atoms with Gasteiger partial charge < -0.3 is 9.64 Å². The molecule has 0 fully saturated rings. The van der Waals surface area contributed by atoms with E-state index in [9.17, 15) is 0 Å². The molecule has 0 N–H and O–H groups in total. The molecule has 7 aromatic rings. The molecule has 0 atom stereocenters. The van der Waals surface area contributed by atoms with Crippen molar-refractivity contribution in [3.05, 3.63) is 166 Å². The minimum atomic E-state index is -0.147. The van der Waals surface area contributed by atoms with E-state index in [1.54, 1.807) is 0 Å². The van der Waals surface area contributed by atoms with Crippen LogP contribution in [-0.4, -0.2) is 14.8 Å². The minimum absolute atomic E-state index is 0. The van der Waals surface area contributed by atoms with E-state index in [1.165, 1.54) is 50.1 Å². The molecule has 0 aliphatic heterocycles. The molecule has 286 valence electrons. The number of ether oxygens (including phenoxy) is 1. The number of aromatic nitrogens is 3. The zero-order valence-electron chi connectivity index (χ0n) is 34.3. The van der Waals surface area contributed by atoms with Gasteiger partial charge >= 0.3 is 21.1 Å². The standard InChI is InChI=1S/C50H50N4O.Pt/c1-31-22-33(3)47(34(4)23-31)39-20-21-51-46(26-39)53(41-16-13-12-14-17-41)42-18-15-19-44(29-42)55-45-28-40(50(9,10)11)27-43(30-45)54-38(8)49(37(7)52-54)48-35(5)24-32(2)25-36(48)6;/h12-28H,1-11H3;/q-2;+2. The van der Waals surface area contributed by atoms with Gasteiger partial charge in [0, 0.05) is 34.6 Å². The third-order valence-electron chi connectivity index (χ3n) is 10.3. The average Bonchev–Trinajstić information content (AvgIpc) is 3.41. The number of hydrogen-bond donors (Lipinski definition) is 0. The molecule has 5 aromatic carbocycles. The smallest absolute Gasteiger partial charge is 0.509 e. The number of anilines is 3. The fourth-order valence-corrected chi connectivity index (χ4v) is 7.99. The number of para-hydroxylation sites is 1. The van der Waals surface area contributed by atoms with Gasteiger partial charge in [0.05, 0.1) is 5.69 Å². The van der Waals surface area contributed by atoms with Crippen LogP contribution in [0.5, 0.6) is 11.5 Å². The molecule has 6 heteroatoms. The number of nitrogens with zero attached hydrogens (tertiary/aromatic N) is 4. The van der Waals surface area contributed by atoms with E-state index in [2.05, 4.69) is 154 Å². The second-order valence-corrected chi connectivity index (χ2v) is 15.9. The van der Waals surface area contributed by atoms with Gasteiger partial charge in [0.15, 0.2) is 0 Å². The SMILES string of the molecule is Cc1cc(C)c(-c2ccnc(N(c3[c-]c(Oc4[c-]c(-n5nc(C)c(-c6c(C)cc(C)cc6C)c5C)cc(C(C)(C)C)c4)ccc3)c3ccccc3)c2)c(C)c1.[Pt+2]. The summed E-state index contributed by atoms with van der Waals surface area (Å²) in [6, 6.07) is 40.9. The van der Waals surface area contributed by atoms with E-state index in [4.69, 9.17) is 14.8 Å². The Morgan fingerprint density at radius 1 is 0.625 bits per heavy atom. The molecule has 7 rings (SSSR count). The molecule has 5 nitrogen and oxygen atoms in total. The van der Waals surface area contributed by atoms with Gasteiger partial charge in [0.2, 0.25) is 0 Å². The summed E-state index contributed by atoms with van der Waals surface area (Å²) in [5.41, 5.74) is 17.9. The number of rotatable bonds is 8. The van der Waals surface area contributed by atoms with E-state index in [0.29, 0.717) is 11.5 Å². The van der Waals surface area contributed by atoms with Crippen molar-refractivity contribution in [2.75, 3.05) is 4.90 Å². The Morgan fingerprint density at radius 3 is 1.88 bits per heavy atom. The fraction of sp³-hybridized carbons (Fsp3) is 0.240. The zero-order valence-corrected chi connectivity index (χ0v) is 36.6. The summed E-state index contributed by atoms with van der Waals surface area (Å²) < 4.78 is 8.70. The van der Waals surface area contributed by atoms with Crippen LogP contribution in [-0.2, 0) is 26.5 Å². The second kappa shape index (κ2) is 16.1. The molecule has 2 aromatic heterocycles. The summed E-state index contributed by atoms with van der Waals surface area (Å²) >= 11 is 0. The van der Waals surface area contributed by atoms with Crippen molar-refractivity contribution in [2.45, 2.75) is 81.6 Å². The van der Waals surface area contributed by atoms with Gasteiger partial charge in [-0.1, -0.05) is 80.1 Å². The molecule has 0 amide bonds. The van der Waals surface area contributed by atoms with Crippen LogP contribution >= 0.6 is 0 Å². The molecule has 0 spiro atoms. The second-order valence-electron chi connectivity index (χ2n) is 15.9. The predicted molar refractivity (Wildman–Crippen MR) is 228 cm³/mol. The molecular formula is C50H50N4OPt. The van der Waals surface area contributed by atoms with Crippen LogP contribution in [0.4, 0.5) is 17.2 Å². The number of hydrogen-bond acceptors (Lipinski definition) is 4. The minimum Gasteiger partial charge on any atom is -0.509 e. The van der Waals surface area contributed by atoms with Crippen molar-refractivity contribution in [3.8, 4) is 39.4 Å². The van der Waals surface area contributed by atoms with Crippen LogP contribution in [0.15, 0.2) is 103 Å². The number of aryl methyl sites for hydroxylation is 7. The van der Waals surface area contributed by atoms with Crippen molar-refractivity contribution in [3.63, 3.8) is 0 Å². The van der Waals surface area contributed by atoms with E-state index in [1.807, 2.05) is 47.3 Å². The normalized spacial score (nSPS) is 11.3. The predicted octanol–water partition coefficient (Wildman–Crippen LogP) is 13.2. The molecule has 0 aliphatic rings. The molecule has 56 heavy (non-hydrogen) atoms. The number of benzene rings is 5. The van der Waals surface area contributed by atoms with Crippen LogP contribution in [0.25, 0.3) is 27.9 Å². The molecule has 0 unspecified atom stereocenters. The first-order valence-corrected chi connectivity index (χ1v) is 19.0. The first-order chi connectivity index (χ1) is 26.2. The van der Waals surface area contributed by atoms with E-state index in [-0.39, 0.29) is 26.5 Å². The Bertz CT molecular complexity index is 2500. The maximum Gasteiger partial charge on any atom is 2.00 e. The van der Waals surface area contributed by atoms with E-state index >= 15 is 0 Å². The molecule has 0 aliphatic carbocycles. The van der Waals surface area contributed by atoms with Crippen molar-refractivity contribution in [1.82, 2.24) is 14.8 Å². The summed E-state index contributed by atoms with van der Waals surface area (Å²) in [6.07, 6.45) is 1.89. The quantitative estimate of drug-likeness (QED) is 0.142. The van der Waals surface area contributed by atoms with Gasteiger partial charge in [-0.25, -0.2) is 4.98 Å². The largest absolute Gasteiger partial charge is 2.00 e. The average molecular weight is 918 g/mol. The number of pyridine rings is 1. The third-order valence-corrected chi connectivity index (χ3v) is 10.3. The van der Waals surface area contributed by atoms with Gasteiger partial charge in [-0.15, -0.1) is 42.0 Å². The van der Waals surface area contributed by atoms with Crippen LogP contribution in [0, 0.1) is 67.5 Å². The maximum atomic E-state index is 6.69. The van der Waals surface area contributed by atoms with Gasteiger partial charge in [0.1, 0.15) is 5.82 Å². The summed E-state index contributed by atoms with van der Waals surface area (Å²) in [5, 5.41) is 5.09. The summed E-state index contributed by atoms with van der Waals surface area (Å²) in [6.45, 7) is 23.9. The van der Waals surface area contributed by atoms with Crippen LogP contribution in [0.2, 0.25) is 0 Å². The Kier molecular flexibility index (Phi) is 11.6. The van der Waals surface area contributed by atoms with Crippen LogP contribution < -0.4 is 9.64 Å². The molecule has 0 saturated carbocycles. The zero-order chi connectivity index (χ0) is 39.2. The first kappa shape index (κ1) is 40.4.